The Bertz CT molecular complexity index is 699. The molecule has 0 heterocycles. The highest BCUT2D eigenvalue weighted by Gasteiger charge is 2.27. The summed E-state index contributed by atoms with van der Waals surface area (Å²) in [5.74, 6) is 0.0884. The van der Waals surface area contributed by atoms with Gasteiger partial charge in [0.05, 0.1) is 7.05 Å². The molecule has 0 saturated carbocycles. The Labute approximate surface area is 148 Å². The molecule has 1 unspecified atom stereocenters. The number of carbonyl (C=O) groups is 1. The van der Waals surface area contributed by atoms with Crippen molar-refractivity contribution in [1.29, 1.82) is 0 Å². The minimum Gasteiger partial charge on any atom is -0.347 e. The first-order valence-corrected chi connectivity index (χ1v) is 8.92. The molecule has 126 valence electrons. The van der Waals surface area contributed by atoms with Crippen molar-refractivity contribution in [2.24, 2.45) is 0 Å². The lowest BCUT2D eigenvalue weighted by molar-refractivity contribution is -0.905. The number of amides is 1. The number of halogens is 1. The van der Waals surface area contributed by atoms with Crippen LogP contribution in [0.25, 0.3) is 0 Å². The number of likely N-dealkylation sites (N-methyl/N-ethyl adjacent to an activating group) is 1. The van der Waals surface area contributed by atoms with E-state index in [4.69, 9.17) is 11.6 Å². The number of rotatable bonds is 5. The topological polar surface area (TPSA) is 33.5 Å². The third-order valence-corrected chi connectivity index (χ3v) is 5.06. The van der Waals surface area contributed by atoms with E-state index < -0.39 is 0 Å². The standard InChI is InChI=1S/C20H23ClN2O/c1-23(19-8-4-6-16-5-2-3-7-18(16)19)14-20(24)22-13-15-9-11-17(21)12-10-15/h2-3,5,7,9-12,19H,4,6,8,13-14H2,1H3,(H,22,24)/p+1/t19-/m0/s1. The number of hydrogen-bond acceptors (Lipinski definition) is 1. The molecule has 1 aliphatic rings. The number of quaternary nitrogens is 1. The molecule has 0 saturated heterocycles. The third-order valence-electron chi connectivity index (χ3n) is 4.81. The van der Waals surface area contributed by atoms with Gasteiger partial charge >= 0.3 is 0 Å². The van der Waals surface area contributed by atoms with Gasteiger partial charge in [0, 0.05) is 23.6 Å². The summed E-state index contributed by atoms with van der Waals surface area (Å²) in [7, 11) is 2.12. The monoisotopic (exact) mass is 343 g/mol. The zero-order valence-corrected chi connectivity index (χ0v) is 14.8. The molecule has 3 rings (SSSR count). The van der Waals surface area contributed by atoms with Gasteiger partial charge in [-0.25, -0.2) is 0 Å². The van der Waals surface area contributed by atoms with E-state index >= 15 is 0 Å². The first-order valence-electron chi connectivity index (χ1n) is 8.55. The number of benzene rings is 2. The van der Waals surface area contributed by atoms with Gasteiger partial charge in [0.15, 0.2) is 6.54 Å². The molecular weight excluding hydrogens is 320 g/mol. The van der Waals surface area contributed by atoms with Crippen LogP contribution in [0.15, 0.2) is 48.5 Å². The summed E-state index contributed by atoms with van der Waals surface area (Å²) in [5.41, 5.74) is 3.91. The Kier molecular flexibility index (Phi) is 5.54. The molecule has 0 spiro atoms. The van der Waals surface area contributed by atoms with Crippen molar-refractivity contribution in [2.45, 2.75) is 31.8 Å². The number of carbonyl (C=O) groups excluding carboxylic acids is 1. The highest BCUT2D eigenvalue weighted by molar-refractivity contribution is 6.30. The SMILES string of the molecule is C[NH+](CC(=O)NCc1ccc(Cl)cc1)[C@H]1CCCc2ccccc21. The Morgan fingerprint density at radius 3 is 2.75 bits per heavy atom. The van der Waals surface area contributed by atoms with E-state index in [0.717, 1.165) is 18.4 Å². The molecule has 4 heteroatoms. The maximum absolute atomic E-state index is 12.3. The molecule has 0 aliphatic heterocycles. The molecule has 0 fully saturated rings. The minimum atomic E-state index is 0.0884. The van der Waals surface area contributed by atoms with Crippen LogP contribution >= 0.6 is 11.6 Å². The van der Waals surface area contributed by atoms with Gasteiger partial charge in [0.1, 0.15) is 6.04 Å². The third kappa shape index (κ3) is 4.16. The summed E-state index contributed by atoms with van der Waals surface area (Å²) >= 11 is 5.88. The molecule has 2 aromatic rings. The Morgan fingerprint density at radius 1 is 1.21 bits per heavy atom. The maximum Gasteiger partial charge on any atom is 0.275 e. The average Bonchev–Trinajstić information content (AvgIpc) is 2.60. The predicted octanol–water partition coefficient (Wildman–Crippen LogP) is 2.55. The molecule has 0 radical (unpaired) electrons. The molecule has 2 atom stereocenters. The summed E-state index contributed by atoms with van der Waals surface area (Å²) in [6.07, 6.45) is 3.50. The van der Waals surface area contributed by atoms with Crippen molar-refractivity contribution in [3.8, 4) is 0 Å². The second-order valence-corrected chi connectivity index (χ2v) is 7.01. The summed E-state index contributed by atoms with van der Waals surface area (Å²) in [5, 5.41) is 3.72. The van der Waals surface area contributed by atoms with Crippen LogP contribution in [0.5, 0.6) is 0 Å². The quantitative estimate of drug-likeness (QED) is 0.859. The normalized spacial score (nSPS) is 17.8. The fourth-order valence-corrected chi connectivity index (χ4v) is 3.63. The average molecular weight is 344 g/mol. The van der Waals surface area contributed by atoms with E-state index in [9.17, 15) is 4.79 Å². The zero-order chi connectivity index (χ0) is 16.9. The summed E-state index contributed by atoms with van der Waals surface area (Å²) in [6, 6.07) is 16.6. The van der Waals surface area contributed by atoms with Crippen LogP contribution in [0.3, 0.4) is 0 Å². The molecule has 1 amide bonds. The predicted molar refractivity (Wildman–Crippen MR) is 97.2 cm³/mol. The molecule has 2 aromatic carbocycles. The number of fused-ring (bicyclic) bond motifs is 1. The molecule has 24 heavy (non-hydrogen) atoms. The smallest absolute Gasteiger partial charge is 0.275 e. The summed E-state index contributed by atoms with van der Waals surface area (Å²) in [6.45, 7) is 1.04. The first-order chi connectivity index (χ1) is 11.6. The summed E-state index contributed by atoms with van der Waals surface area (Å²) < 4.78 is 0. The van der Waals surface area contributed by atoms with Crippen LogP contribution in [-0.2, 0) is 17.8 Å². The van der Waals surface area contributed by atoms with Crippen molar-refractivity contribution >= 4 is 17.5 Å². The van der Waals surface area contributed by atoms with Gasteiger partial charge in [-0.1, -0.05) is 48.0 Å². The lowest BCUT2D eigenvalue weighted by Crippen LogP contribution is -3.10. The Balaban J connectivity index is 1.56. The van der Waals surface area contributed by atoms with Crippen LogP contribution in [0.4, 0.5) is 0 Å². The maximum atomic E-state index is 12.3. The van der Waals surface area contributed by atoms with E-state index in [0.29, 0.717) is 24.2 Å². The van der Waals surface area contributed by atoms with Gasteiger partial charge in [-0.2, -0.15) is 0 Å². The fourth-order valence-electron chi connectivity index (χ4n) is 3.51. The van der Waals surface area contributed by atoms with Gasteiger partial charge < -0.3 is 10.2 Å². The van der Waals surface area contributed by atoms with Crippen molar-refractivity contribution in [3.63, 3.8) is 0 Å². The van der Waals surface area contributed by atoms with E-state index in [2.05, 4.69) is 36.6 Å². The van der Waals surface area contributed by atoms with Gasteiger partial charge in [-0.05, 0) is 36.1 Å². The largest absolute Gasteiger partial charge is 0.347 e. The molecule has 2 N–H and O–H groups in total. The number of hydrogen-bond donors (Lipinski definition) is 2. The highest BCUT2D eigenvalue weighted by atomic mass is 35.5. The molecule has 1 aliphatic carbocycles. The Morgan fingerprint density at radius 2 is 1.96 bits per heavy atom. The molecule has 3 nitrogen and oxygen atoms in total. The molecular formula is C20H24ClN2O+. The van der Waals surface area contributed by atoms with E-state index in [1.165, 1.54) is 22.4 Å². The van der Waals surface area contributed by atoms with Crippen molar-refractivity contribution < 1.29 is 9.69 Å². The Hall–Kier alpha value is -1.84. The van der Waals surface area contributed by atoms with Crippen molar-refractivity contribution in [2.75, 3.05) is 13.6 Å². The van der Waals surface area contributed by atoms with Gasteiger partial charge in [0.2, 0.25) is 0 Å². The van der Waals surface area contributed by atoms with Crippen LogP contribution in [0.2, 0.25) is 5.02 Å². The molecule has 0 aromatic heterocycles. The number of nitrogens with one attached hydrogen (secondary N) is 2. The minimum absolute atomic E-state index is 0.0884. The summed E-state index contributed by atoms with van der Waals surface area (Å²) in [4.78, 5) is 13.6. The van der Waals surface area contributed by atoms with Crippen LogP contribution < -0.4 is 10.2 Å². The van der Waals surface area contributed by atoms with Crippen LogP contribution in [0.1, 0.15) is 35.6 Å². The number of aryl methyl sites for hydroxylation is 1. The lowest BCUT2D eigenvalue weighted by Gasteiger charge is -2.30. The second kappa shape index (κ2) is 7.82. The van der Waals surface area contributed by atoms with Gasteiger partial charge in [0.25, 0.3) is 5.91 Å². The van der Waals surface area contributed by atoms with E-state index in [1.54, 1.807) is 0 Å². The van der Waals surface area contributed by atoms with E-state index in [-0.39, 0.29) is 5.91 Å². The van der Waals surface area contributed by atoms with Crippen LogP contribution in [-0.4, -0.2) is 19.5 Å². The second-order valence-electron chi connectivity index (χ2n) is 6.57. The first kappa shape index (κ1) is 17.0. The molecule has 0 bridgehead atoms. The van der Waals surface area contributed by atoms with Crippen molar-refractivity contribution in [1.82, 2.24) is 5.32 Å². The lowest BCUT2D eigenvalue weighted by atomic mass is 9.87. The zero-order valence-electron chi connectivity index (χ0n) is 14.0. The highest BCUT2D eigenvalue weighted by Crippen LogP contribution is 2.27. The van der Waals surface area contributed by atoms with E-state index in [1.807, 2.05) is 24.3 Å². The van der Waals surface area contributed by atoms with Gasteiger partial charge in [-0.15, -0.1) is 0 Å². The van der Waals surface area contributed by atoms with Crippen molar-refractivity contribution in [3.05, 3.63) is 70.2 Å². The van der Waals surface area contributed by atoms with Crippen LogP contribution in [0, 0.1) is 0 Å². The van der Waals surface area contributed by atoms with Gasteiger partial charge in [-0.3, -0.25) is 4.79 Å². The fraction of sp³-hybridized carbons (Fsp3) is 0.350.